The molecule has 0 saturated heterocycles. The van der Waals surface area contributed by atoms with Crippen molar-refractivity contribution in [3.05, 3.63) is 65.7 Å². The maximum absolute atomic E-state index is 12.3. The molecular formula is C21H23N3OS3. The number of thioether (sulfide) groups is 2. The minimum absolute atomic E-state index is 0.0363. The maximum Gasteiger partial charge on any atom is 0.237 e. The lowest BCUT2D eigenvalue weighted by molar-refractivity contribution is -0.115. The molecule has 0 bridgehead atoms. The van der Waals surface area contributed by atoms with E-state index < -0.39 is 0 Å². The minimum atomic E-state index is -0.241. The van der Waals surface area contributed by atoms with Crippen molar-refractivity contribution in [3.8, 4) is 0 Å². The highest BCUT2D eigenvalue weighted by molar-refractivity contribution is 8.03. The lowest BCUT2D eigenvalue weighted by Gasteiger charge is -2.09. The summed E-state index contributed by atoms with van der Waals surface area (Å²) in [5.74, 6) is 1.37. The Morgan fingerprint density at radius 2 is 1.68 bits per heavy atom. The smallest absolute Gasteiger partial charge is 0.237 e. The summed E-state index contributed by atoms with van der Waals surface area (Å²) in [4.78, 5) is 12.3. The molecule has 1 heterocycles. The van der Waals surface area contributed by atoms with Gasteiger partial charge in [0, 0.05) is 11.4 Å². The molecule has 7 heteroatoms. The normalized spacial score (nSPS) is 12.1. The lowest BCUT2D eigenvalue weighted by atomic mass is 10.0. The van der Waals surface area contributed by atoms with E-state index in [-0.39, 0.29) is 11.2 Å². The molecule has 3 rings (SSSR count). The van der Waals surface area contributed by atoms with E-state index in [1.807, 2.05) is 37.3 Å². The molecule has 146 valence electrons. The summed E-state index contributed by atoms with van der Waals surface area (Å²) in [5, 5.41) is 11.2. The Bertz CT molecular complexity index is 895. The number of nitrogens with zero attached hydrogens (tertiary/aromatic N) is 2. The predicted octanol–water partition coefficient (Wildman–Crippen LogP) is 6.07. The summed E-state index contributed by atoms with van der Waals surface area (Å²) in [7, 11) is 0. The first-order valence-electron chi connectivity index (χ1n) is 9.09. The van der Waals surface area contributed by atoms with Gasteiger partial charge in [-0.25, -0.2) is 0 Å². The molecule has 0 radical (unpaired) electrons. The molecule has 0 fully saturated rings. The molecule has 1 unspecified atom stereocenters. The number of amides is 1. The van der Waals surface area contributed by atoms with Crippen LogP contribution in [0.15, 0.2) is 63.3 Å². The van der Waals surface area contributed by atoms with Gasteiger partial charge in [-0.3, -0.25) is 4.79 Å². The van der Waals surface area contributed by atoms with Crippen molar-refractivity contribution in [3.63, 3.8) is 0 Å². The molecule has 28 heavy (non-hydrogen) atoms. The van der Waals surface area contributed by atoms with Crippen LogP contribution in [0.4, 0.5) is 5.69 Å². The summed E-state index contributed by atoms with van der Waals surface area (Å²) >= 11 is 4.65. The Morgan fingerprint density at radius 3 is 2.36 bits per heavy atom. The fraction of sp³-hybridized carbons (Fsp3) is 0.286. The SMILES string of the molecule is CC(Sc1nnc(SCc2ccc(C(C)C)cc2)s1)C(=O)Nc1ccccc1. The first-order chi connectivity index (χ1) is 13.5. The van der Waals surface area contributed by atoms with Crippen LogP contribution >= 0.6 is 34.9 Å². The van der Waals surface area contributed by atoms with Crippen LogP contribution in [0.2, 0.25) is 0 Å². The maximum atomic E-state index is 12.3. The summed E-state index contributed by atoms with van der Waals surface area (Å²) in [6.45, 7) is 6.28. The molecule has 1 N–H and O–H groups in total. The largest absolute Gasteiger partial charge is 0.325 e. The van der Waals surface area contributed by atoms with E-state index in [1.54, 1.807) is 11.8 Å². The van der Waals surface area contributed by atoms with Gasteiger partial charge in [-0.1, -0.05) is 91.2 Å². The van der Waals surface area contributed by atoms with E-state index in [0.717, 1.165) is 20.1 Å². The Kier molecular flexibility index (Phi) is 7.53. The fourth-order valence-electron chi connectivity index (χ4n) is 2.42. The van der Waals surface area contributed by atoms with E-state index >= 15 is 0 Å². The number of hydrogen-bond donors (Lipinski definition) is 1. The molecule has 3 aromatic rings. The zero-order valence-electron chi connectivity index (χ0n) is 16.1. The van der Waals surface area contributed by atoms with Gasteiger partial charge in [-0.05, 0) is 36.1 Å². The topological polar surface area (TPSA) is 54.9 Å². The van der Waals surface area contributed by atoms with Crippen LogP contribution in [0.1, 0.15) is 37.8 Å². The second-order valence-electron chi connectivity index (χ2n) is 6.63. The van der Waals surface area contributed by atoms with Crippen molar-refractivity contribution < 1.29 is 4.79 Å². The van der Waals surface area contributed by atoms with Crippen molar-refractivity contribution in [2.45, 2.75) is 46.4 Å². The van der Waals surface area contributed by atoms with Crippen LogP contribution in [-0.2, 0) is 10.5 Å². The van der Waals surface area contributed by atoms with Crippen LogP contribution in [0.25, 0.3) is 0 Å². The number of anilines is 1. The van der Waals surface area contributed by atoms with Crippen LogP contribution < -0.4 is 5.32 Å². The number of aromatic nitrogens is 2. The lowest BCUT2D eigenvalue weighted by Crippen LogP contribution is -2.22. The third-order valence-electron chi connectivity index (χ3n) is 4.08. The van der Waals surface area contributed by atoms with E-state index in [2.05, 4.69) is 53.6 Å². The number of carbonyl (C=O) groups is 1. The molecular weight excluding hydrogens is 406 g/mol. The highest BCUT2D eigenvalue weighted by atomic mass is 32.2. The van der Waals surface area contributed by atoms with E-state index in [0.29, 0.717) is 5.92 Å². The zero-order valence-corrected chi connectivity index (χ0v) is 18.5. The quantitative estimate of drug-likeness (QED) is 0.440. The van der Waals surface area contributed by atoms with Gasteiger partial charge >= 0.3 is 0 Å². The van der Waals surface area contributed by atoms with Gasteiger partial charge < -0.3 is 5.32 Å². The van der Waals surface area contributed by atoms with Crippen molar-refractivity contribution in [2.24, 2.45) is 0 Å². The summed E-state index contributed by atoms with van der Waals surface area (Å²) in [6, 6.07) is 18.2. The summed E-state index contributed by atoms with van der Waals surface area (Å²) < 4.78 is 1.74. The fourth-order valence-corrected chi connectivity index (χ4v) is 5.54. The number of carbonyl (C=O) groups excluding carboxylic acids is 1. The molecule has 0 aliphatic carbocycles. The summed E-state index contributed by atoms with van der Waals surface area (Å²) in [5.41, 5.74) is 3.43. The highest BCUT2D eigenvalue weighted by Gasteiger charge is 2.17. The van der Waals surface area contributed by atoms with E-state index in [9.17, 15) is 4.79 Å². The predicted molar refractivity (Wildman–Crippen MR) is 120 cm³/mol. The number of benzene rings is 2. The Hall–Kier alpha value is -1.83. The highest BCUT2D eigenvalue weighted by Crippen LogP contribution is 2.33. The molecule has 1 aromatic heterocycles. The van der Waals surface area contributed by atoms with Gasteiger partial charge in [0.1, 0.15) is 0 Å². The number of para-hydroxylation sites is 1. The van der Waals surface area contributed by atoms with Crippen molar-refractivity contribution >= 4 is 46.5 Å². The minimum Gasteiger partial charge on any atom is -0.325 e. The molecule has 2 aromatic carbocycles. The zero-order chi connectivity index (χ0) is 19.9. The third-order valence-corrected chi connectivity index (χ3v) is 7.40. The molecule has 1 amide bonds. The Morgan fingerprint density at radius 1 is 1.00 bits per heavy atom. The molecule has 0 spiro atoms. The van der Waals surface area contributed by atoms with Crippen molar-refractivity contribution in [1.82, 2.24) is 10.2 Å². The number of nitrogens with one attached hydrogen (secondary N) is 1. The second kappa shape index (κ2) is 10.1. The van der Waals surface area contributed by atoms with E-state index in [1.165, 1.54) is 34.2 Å². The van der Waals surface area contributed by atoms with Gasteiger partial charge in [0.2, 0.25) is 5.91 Å². The van der Waals surface area contributed by atoms with Gasteiger partial charge in [-0.2, -0.15) is 0 Å². The average Bonchev–Trinajstić information content (AvgIpc) is 3.14. The summed E-state index contributed by atoms with van der Waals surface area (Å²) in [6.07, 6.45) is 0. The van der Waals surface area contributed by atoms with Crippen LogP contribution in [-0.4, -0.2) is 21.4 Å². The van der Waals surface area contributed by atoms with E-state index in [4.69, 9.17) is 0 Å². The molecule has 0 aliphatic rings. The van der Waals surface area contributed by atoms with Crippen LogP contribution in [0, 0.1) is 0 Å². The molecule has 1 atom stereocenters. The monoisotopic (exact) mass is 429 g/mol. The Balaban J connectivity index is 1.50. The average molecular weight is 430 g/mol. The van der Waals surface area contributed by atoms with Gasteiger partial charge in [0.05, 0.1) is 5.25 Å². The third kappa shape index (κ3) is 6.09. The van der Waals surface area contributed by atoms with Gasteiger partial charge in [0.15, 0.2) is 8.68 Å². The van der Waals surface area contributed by atoms with Crippen molar-refractivity contribution in [1.29, 1.82) is 0 Å². The first-order valence-corrected chi connectivity index (χ1v) is 11.8. The number of hydrogen-bond acceptors (Lipinski definition) is 6. The number of rotatable bonds is 8. The van der Waals surface area contributed by atoms with Gasteiger partial charge in [0.25, 0.3) is 0 Å². The van der Waals surface area contributed by atoms with Gasteiger partial charge in [-0.15, -0.1) is 10.2 Å². The molecule has 0 saturated carbocycles. The second-order valence-corrected chi connectivity index (χ2v) is 10.4. The van der Waals surface area contributed by atoms with Crippen molar-refractivity contribution in [2.75, 3.05) is 5.32 Å². The first kappa shape index (κ1) is 20.9. The molecule has 0 aliphatic heterocycles. The van der Waals surface area contributed by atoms with Crippen LogP contribution in [0.3, 0.4) is 0 Å². The standard InChI is InChI=1S/C21H23N3OS3/c1-14(2)17-11-9-16(10-12-17)13-26-20-23-24-21(28-20)27-15(3)19(25)22-18-7-5-4-6-8-18/h4-12,14-15H,13H2,1-3H3,(H,22,25). The Labute approximate surface area is 178 Å². The van der Waals surface area contributed by atoms with Crippen LogP contribution in [0.5, 0.6) is 0 Å². The molecule has 4 nitrogen and oxygen atoms in total.